The van der Waals surface area contributed by atoms with Gasteiger partial charge in [-0.3, -0.25) is 0 Å². The summed E-state index contributed by atoms with van der Waals surface area (Å²) in [6, 6.07) is 0. The lowest BCUT2D eigenvalue weighted by molar-refractivity contribution is -0.389. The predicted octanol–water partition coefficient (Wildman–Crippen LogP) is 0.370. The molecule has 0 spiro atoms. The van der Waals surface area contributed by atoms with Crippen LogP contribution in [0.2, 0.25) is 0 Å². The Hall–Kier alpha value is -0.700. The number of ether oxygens (including phenoxy) is 1. The largest absolute Gasteiger partial charge is 0.493 e. The van der Waals surface area contributed by atoms with E-state index in [0.717, 1.165) is 0 Å². The van der Waals surface area contributed by atoms with Crippen molar-refractivity contribution in [1.29, 1.82) is 0 Å². The number of hydrogen-bond acceptors (Lipinski definition) is 7. The summed E-state index contributed by atoms with van der Waals surface area (Å²) in [5, 5.41) is 0. The highest BCUT2D eigenvalue weighted by molar-refractivity contribution is 4.98. The van der Waals surface area contributed by atoms with Gasteiger partial charge in [0.05, 0.1) is 31.6 Å². The lowest BCUT2D eigenvalue weighted by atomic mass is 10.1. The summed E-state index contributed by atoms with van der Waals surface area (Å²) < 4.78 is 25.7. The Kier molecular flexibility index (Phi) is 4.41. The maximum atomic E-state index is 6.87. The second-order valence-electron chi connectivity index (χ2n) is 2.76. The van der Waals surface area contributed by atoms with Crippen LogP contribution in [-0.2, 0) is 34.1 Å². The highest BCUT2D eigenvalue weighted by Gasteiger charge is 2.36. The Bertz CT molecular complexity index is 256. The first-order valence-corrected chi connectivity index (χ1v) is 4.34. The third-order valence-corrected chi connectivity index (χ3v) is 1.89. The van der Waals surface area contributed by atoms with Crippen LogP contribution in [0.5, 0.6) is 0 Å². The van der Waals surface area contributed by atoms with Gasteiger partial charge >= 0.3 is 0 Å². The van der Waals surface area contributed by atoms with Crippen LogP contribution in [0, 0.1) is 0 Å². The molecule has 1 rings (SSSR count). The van der Waals surface area contributed by atoms with Crippen molar-refractivity contribution < 1.29 is 38.2 Å². The zero-order valence-electron chi connectivity index (χ0n) is 11.6. The molecule has 7 nitrogen and oxygen atoms in total. The van der Waals surface area contributed by atoms with Crippen molar-refractivity contribution in [3.8, 4) is 0 Å². The molecule has 0 unspecified atom stereocenters. The Labute approximate surface area is 97.8 Å². The second-order valence-corrected chi connectivity index (χ2v) is 2.76. The van der Waals surface area contributed by atoms with Gasteiger partial charge in [0.1, 0.15) is 12.7 Å². The Morgan fingerprint density at radius 2 is 2.00 bits per heavy atom. The topological polar surface area (TPSA) is 64.6 Å². The highest BCUT2D eigenvalue weighted by Crippen LogP contribution is 2.19. The van der Waals surface area contributed by atoms with Crippen molar-refractivity contribution in [3.63, 3.8) is 0 Å². The van der Waals surface area contributed by atoms with Crippen molar-refractivity contribution in [1.82, 2.24) is 0 Å². The fourth-order valence-corrected chi connectivity index (χ4v) is 1.23. The summed E-state index contributed by atoms with van der Waals surface area (Å²) in [4.78, 5) is 28.1. The molecule has 0 radical (unpaired) electrons. The normalized spacial score (nSPS) is 31.5. The lowest BCUT2D eigenvalue weighted by Crippen LogP contribution is -2.45. The van der Waals surface area contributed by atoms with Crippen LogP contribution < -0.4 is 0 Å². The van der Waals surface area contributed by atoms with Crippen molar-refractivity contribution in [3.05, 3.63) is 12.3 Å². The maximum Gasteiger partial charge on any atom is 0.165 e. The highest BCUT2D eigenvalue weighted by atomic mass is 17.2. The third-order valence-electron chi connectivity index (χ3n) is 1.89. The fraction of sp³-hybridized carbons (Fsp3) is 0.778. The minimum atomic E-state index is -0.767. The zero-order chi connectivity index (χ0) is 13.9. The van der Waals surface area contributed by atoms with Gasteiger partial charge in [0.25, 0.3) is 0 Å². The van der Waals surface area contributed by atoms with Crippen LogP contribution in [0.1, 0.15) is 4.11 Å². The van der Waals surface area contributed by atoms with E-state index < -0.39 is 25.4 Å². The first kappa shape index (κ1) is 9.34. The Balaban J connectivity index is 2.53. The van der Waals surface area contributed by atoms with Crippen LogP contribution in [0.15, 0.2) is 12.3 Å². The molecule has 1 aliphatic heterocycles. The molecule has 0 N–H and O–H groups in total. The van der Waals surface area contributed by atoms with E-state index in [2.05, 4.69) is 14.7 Å². The van der Waals surface area contributed by atoms with E-state index in [4.69, 9.17) is 23.5 Å². The SMILES string of the molecule is [2H]COOC[C@H]1OC=C[C@@H](OOC[2H])[C@@H]1OOC[2H]. The average Bonchev–Trinajstić information content (AvgIpc) is 2.44. The minimum absolute atomic E-state index is 0.0318. The molecule has 0 saturated carbocycles. The van der Waals surface area contributed by atoms with Crippen molar-refractivity contribution in [2.75, 3.05) is 27.9 Å². The summed E-state index contributed by atoms with van der Waals surface area (Å²) >= 11 is 0. The van der Waals surface area contributed by atoms with E-state index in [1.165, 1.54) is 12.3 Å². The molecule has 0 aromatic rings. The number of rotatable bonds is 7. The van der Waals surface area contributed by atoms with E-state index in [-0.39, 0.29) is 20.8 Å². The van der Waals surface area contributed by atoms with E-state index in [9.17, 15) is 0 Å². The quantitative estimate of drug-likeness (QED) is 0.361. The maximum absolute atomic E-state index is 6.87. The van der Waals surface area contributed by atoms with Gasteiger partial charge in [-0.1, -0.05) is 0 Å². The van der Waals surface area contributed by atoms with Crippen LogP contribution in [0.3, 0.4) is 0 Å². The van der Waals surface area contributed by atoms with E-state index >= 15 is 0 Å². The van der Waals surface area contributed by atoms with Crippen molar-refractivity contribution in [2.24, 2.45) is 0 Å². The zero-order valence-corrected chi connectivity index (χ0v) is 8.57. The summed E-state index contributed by atoms with van der Waals surface area (Å²) in [7, 11) is -1.12. The summed E-state index contributed by atoms with van der Waals surface area (Å²) in [6.45, 7) is -0.0318. The molecule has 94 valence electrons. The van der Waals surface area contributed by atoms with Crippen molar-refractivity contribution >= 4 is 0 Å². The van der Waals surface area contributed by atoms with Gasteiger partial charge in [0.2, 0.25) is 0 Å². The van der Waals surface area contributed by atoms with Gasteiger partial charge in [0, 0.05) is 0 Å². The van der Waals surface area contributed by atoms with Gasteiger partial charge in [0.15, 0.2) is 12.2 Å². The molecule has 0 bridgehead atoms. The molecular formula is C9H16O7. The monoisotopic (exact) mass is 239 g/mol. The summed E-state index contributed by atoms with van der Waals surface area (Å²) in [6.07, 6.45) is 0.789. The van der Waals surface area contributed by atoms with Crippen LogP contribution in [0.25, 0.3) is 0 Å². The molecule has 0 aliphatic carbocycles. The third kappa shape index (κ3) is 3.71. The molecule has 0 saturated heterocycles. The first-order chi connectivity index (χ1) is 9.33. The standard InChI is InChI=1S/C9H16O7/c1-10-14-6-8-9(16-12-3)7(15-11-2)4-5-13-8/h4-5,7-9H,6H2,1-3H3/t7-,8-,9+/m1/s1/i1D,2D,3D. The van der Waals surface area contributed by atoms with Gasteiger partial charge in [-0.15, -0.1) is 0 Å². The summed E-state index contributed by atoms with van der Waals surface area (Å²) in [5.74, 6) is 0. The molecule has 0 amide bonds. The van der Waals surface area contributed by atoms with E-state index in [1.54, 1.807) is 0 Å². The minimum Gasteiger partial charge on any atom is -0.493 e. The van der Waals surface area contributed by atoms with Gasteiger partial charge in [-0.2, -0.15) is 0 Å². The van der Waals surface area contributed by atoms with Crippen LogP contribution in [0.4, 0.5) is 0 Å². The van der Waals surface area contributed by atoms with Gasteiger partial charge in [-0.05, 0) is 6.08 Å². The molecule has 1 aliphatic rings. The van der Waals surface area contributed by atoms with E-state index in [0.29, 0.717) is 0 Å². The average molecular weight is 239 g/mol. The van der Waals surface area contributed by atoms with E-state index in [1.807, 2.05) is 0 Å². The molecule has 7 heteroatoms. The fourth-order valence-electron chi connectivity index (χ4n) is 1.23. The van der Waals surface area contributed by atoms with Gasteiger partial charge < -0.3 is 4.74 Å². The molecular weight excluding hydrogens is 220 g/mol. The second kappa shape index (κ2) is 7.55. The molecule has 0 aromatic carbocycles. The van der Waals surface area contributed by atoms with Crippen LogP contribution >= 0.6 is 0 Å². The molecule has 1 heterocycles. The molecule has 0 fully saturated rings. The molecule has 16 heavy (non-hydrogen) atoms. The van der Waals surface area contributed by atoms with Crippen LogP contribution in [-0.4, -0.2) is 46.2 Å². The Morgan fingerprint density at radius 1 is 1.19 bits per heavy atom. The molecule has 0 aromatic heterocycles. The van der Waals surface area contributed by atoms with Crippen molar-refractivity contribution in [2.45, 2.75) is 18.3 Å². The molecule has 3 atom stereocenters. The number of hydrogen-bond donors (Lipinski definition) is 0. The smallest absolute Gasteiger partial charge is 0.165 e. The Morgan fingerprint density at radius 3 is 2.81 bits per heavy atom. The lowest BCUT2D eigenvalue weighted by Gasteiger charge is -2.31. The predicted molar refractivity (Wildman–Crippen MR) is 50.7 cm³/mol. The van der Waals surface area contributed by atoms with Gasteiger partial charge in [-0.25, -0.2) is 29.3 Å². The first-order valence-electron chi connectivity index (χ1n) is 6.46. The summed E-state index contributed by atoms with van der Waals surface area (Å²) in [5.41, 5.74) is 0.